The van der Waals surface area contributed by atoms with E-state index in [4.69, 9.17) is 4.74 Å². The van der Waals surface area contributed by atoms with Crippen molar-refractivity contribution >= 4 is 17.7 Å². The normalized spacial score (nSPS) is 21.4. The number of ether oxygens (including phenoxy) is 1. The Morgan fingerprint density at radius 3 is 2.41 bits per heavy atom. The predicted octanol–water partition coefficient (Wildman–Crippen LogP) is 2.13. The van der Waals surface area contributed by atoms with Gasteiger partial charge in [0.2, 0.25) is 17.7 Å². The molecule has 1 fully saturated rings. The second-order valence-corrected chi connectivity index (χ2v) is 6.95. The summed E-state index contributed by atoms with van der Waals surface area (Å²) in [4.78, 5) is 39.9. The molecule has 0 bridgehead atoms. The highest BCUT2D eigenvalue weighted by molar-refractivity contribution is 6.05. The number of carbonyl (C=O) groups is 3. The number of rotatable bonds is 6. The van der Waals surface area contributed by atoms with E-state index in [1.807, 2.05) is 12.2 Å². The number of carbonyl (C=O) groups excluding carboxylic acids is 3. The summed E-state index contributed by atoms with van der Waals surface area (Å²) in [6.07, 6.45) is 5.09. The summed E-state index contributed by atoms with van der Waals surface area (Å²) in [7, 11) is 3.00. The molecule has 1 heterocycles. The Labute approximate surface area is 157 Å². The van der Waals surface area contributed by atoms with E-state index in [0.717, 1.165) is 0 Å². The van der Waals surface area contributed by atoms with Gasteiger partial charge in [0.15, 0.2) is 11.6 Å². The molecular formula is C20H23FN2O4. The molecule has 0 N–H and O–H groups in total. The van der Waals surface area contributed by atoms with Crippen LogP contribution in [0.3, 0.4) is 0 Å². The van der Waals surface area contributed by atoms with Crippen molar-refractivity contribution in [3.63, 3.8) is 0 Å². The summed E-state index contributed by atoms with van der Waals surface area (Å²) in [6.45, 7) is 0.321. The van der Waals surface area contributed by atoms with E-state index in [2.05, 4.69) is 0 Å². The average Bonchev–Trinajstić information content (AvgIpc) is 2.91. The highest BCUT2D eigenvalue weighted by Crippen LogP contribution is 2.35. The SMILES string of the molecule is COc1ccc(CN(C)C(=O)CCN2C(=O)C3CC=CCC3C2=O)cc1F. The first-order valence-corrected chi connectivity index (χ1v) is 8.99. The van der Waals surface area contributed by atoms with Crippen molar-refractivity contribution in [2.45, 2.75) is 25.8 Å². The molecule has 2 atom stereocenters. The molecule has 0 aromatic heterocycles. The van der Waals surface area contributed by atoms with Crippen LogP contribution in [0.15, 0.2) is 30.4 Å². The van der Waals surface area contributed by atoms with Gasteiger partial charge in [-0.15, -0.1) is 0 Å². The second-order valence-electron chi connectivity index (χ2n) is 6.95. The largest absolute Gasteiger partial charge is 0.494 e. The highest BCUT2D eigenvalue weighted by atomic mass is 19.1. The van der Waals surface area contributed by atoms with E-state index in [0.29, 0.717) is 18.4 Å². The van der Waals surface area contributed by atoms with Crippen LogP contribution in [0.5, 0.6) is 5.75 Å². The Morgan fingerprint density at radius 1 is 1.22 bits per heavy atom. The number of fused-ring (bicyclic) bond motifs is 1. The zero-order valence-electron chi connectivity index (χ0n) is 15.5. The molecule has 144 valence electrons. The third-order valence-corrected chi connectivity index (χ3v) is 5.21. The minimum atomic E-state index is -0.486. The zero-order valence-corrected chi connectivity index (χ0v) is 15.5. The van der Waals surface area contributed by atoms with Gasteiger partial charge in [-0.25, -0.2) is 4.39 Å². The quantitative estimate of drug-likeness (QED) is 0.565. The maximum atomic E-state index is 13.8. The van der Waals surface area contributed by atoms with Crippen LogP contribution in [-0.4, -0.2) is 48.2 Å². The zero-order chi connectivity index (χ0) is 19.6. The number of hydrogen-bond donors (Lipinski definition) is 0. The van der Waals surface area contributed by atoms with Gasteiger partial charge in [0.1, 0.15) is 0 Å². The number of methoxy groups -OCH3 is 1. The molecule has 1 aliphatic heterocycles. The molecule has 0 radical (unpaired) electrons. The number of nitrogens with zero attached hydrogens (tertiary/aromatic N) is 2. The fourth-order valence-corrected chi connectivity index (χ4v) is 3.66. The topological polar surface area (TPSA) is 66.9 Å². The van der Waals surface area contributed by atoms with Crippen molar-refractivity contribution in [2.24, 2.45) is 11.8 Å². The smallest absolute Gasteiger partial charge is 0.233 e. The first-order valence-electron chi connectivity index (χ1n) is 8.99. The molecule has 6 nitrogen and oxygen atoms in total. The van der Waals surface area contributed by atoms with E-state index in [-0.39, 0.29) is 54.8 Å². The molecule has 1 aromatic rings. The van der Waals surface area contributed by atoms with Crippen LogP contribution in [0, 0.1) is 17.7 Å². The van der Waals surface area contributed by atoms with Crippen molar-refractivity contribution < 1.29 is 23.5 Å². The maximum absolute atomic E-state index is 13.8. The van der Waals surface area contributed by atoms with Crippen molar-refractivity contribution in [3.05, 3.63) is 41.7 Å². The molecule has 3 amide bonds. The van der Waals surface area contributed by atoms with E-state index >= 15 is 0 Å². The third kappa shape index (κ3) is 3.86. The maximum Gasteiger partial charge on any atom is 0.233 e. The van der Waals surface area contributed by atoms with Crippen LogP contribution in [0.25, 0.3) is 0 Å². The van der Waals surface area contributed by atoms with E-state index in [1.165, 1.54) is 29.0 Å². The summed E-state index contributed by atoms with van der Waals surface area (Å²) < 4.78 is 18.6. The Hall–Kier alpha value is -2.70. The molecule has 2 aliphatic rings. The number of halogens is 1. The number of hydrogen-bond acceptors (Lipinski definition) is 4. The molecule has 0 spiro atoms. The van der Waals surface area contributed by atoms with E-state index in [1.54, 1.807) is 13.1 Å². The van der Waals surface area contributed by atoms with Gasteiger partial charge >= 0.3 is 0 Å². The lowest BCUT2D eigenvalue weighted by Gasteiger charge is -2.20. The van der Waals surface area contributed by atoms with Gasteiger partial charge in [-0.3, -0.25) is 19.3 Å². The molecular weight excluding hydrogens is 351 g/mol. The Bertz CT molecular complexity index is 766. The number of likely N-dealkylation sites (tertiary alicyclic amines) is 1. The monoisotopic (exact) mass is 374 g/mol. The van der Waals surface area contributed by atoms with Gasteiger partial charge in [0, 0.05) is 26.6 Å². The van der Waals surface area contributed by atoms with Gasteiger partial charge in [0.05, 0.1) is 18.9 Å². The number of imide groups is 1. The van der Waals surface area contributed by atoms with Gasteiger partial charge in [0.25, 0.3) is 0 Å². The van der Waals surface area contributed by atoms with Crippen molar-refractivity contribution in [3.8, 4) is 5.75 Å². The highest BCUT2D eigenvalue weighted by Gasteiger charge is 2.46. The molecule has 1 aliphatic carbocycles. The standard InChI is InChI=1S/C20H23FN2O4/c1-22(12-13-7-8-17(27-2)16(21)11-13)18(24)9-10-23-19(25)14-5-3-4-6-15(14)20(23)26/h3-4,7-8,11,14-15H,5-6,9-10,12H2,1-2H3. The van der Waals surface area contributed by atoms with Gasteiger partial charge < -0.3 is 9.64 Å². The van der Waals surface area contributed by atoms with Gasteiger partial charge in [-0.1, -0.05) is 18.2 Å². The lowest BCUT2D eigenvalue weighted by molar-refractivity contribution is -0.140. The van der Waals surface area contributed by atoms with Gasteiger partial charge in [-0.05, 0) is 30.5 Å². The van der Waals surface area contributed by atoms with Crippen molar-refractivity contribution in [1.29, 1.82) is 0 Å². The molecule has 27 heavy (non-hydrogen) atoms. The first-order chi connectivity index (χ1) is 12.9. The first kappa shape index (κ1) is 19.1. The predicted molar refractivity (Wildman–Crippen MR) is 96.1 cm³/mol. The fourth-order valence-electron chi connectivity index (χ4n) is 3.66. The lowest BCUT2D eigenvalue weighted by atomic mass is 9.85. The molecule has 1 aromatic carbocycles. The molecule has 7 heteroatoms. The van der Waals surface area contributed by atoms with E-state index in [9.17, 15) is 18.8 Å². The molecule has 0 saturated carbocycles. The number of amides is 3. The summed E-state index contributed by atoms with van der Waals surface area (Å²) in [5, 5.41) is 0. The average molecular weight is 374 g/mol. The fraction of sp³-hybridized carbons (Fsp3) is 0.450. The Kier molecular flexibility index (Phi) is 5.58. The third-order valence-electron chi connectivity index (χ3n) is 5.21. The molecule has 3 rings (SSSR count). The summed E-state index contributed by atoms with van der Waals surface area (Å²) >= 11 is 0. The Balaban J connectivity index is 1.55. The van der Waals surface area contributed by atoms with Crippen LogP contribution in [0.1, 0.15) is 24.8 Å². The van der Waals surface area contributed by atoms with Crippen LogP contribution in [0.4, 0.5) is 4.39 Å². The summed E-state index contributed by atoms with van der Waals surface area (Å²) in [5.74, 6) is -1.46. The molecule has 1 saturated heterocycles. The molecule has 2 unspecified atom stereocenters. The minimum absolute atomic E-state index is 0.0550. The van der Waals surface area contributed by atoms with Crippen LogP contribution in [0.2, 0.25) is 0 Å². The van der Waals surface area contributed by atoms with Crippen molar-refractivity contribution in [2.75, 3.05) is 20.7 Å². The number of benzene rings is 1. The van der Waals surface area contributed by atoms with Crippen LogP contribution >= 0.6 is 0 Å². The minimum Gasteiger partial charge on any atom is -0.494 e. The van der Waals surface area contributed by atoms with E-state index < -0.39 is 5.82 Å². The van der Waals surface area contributed by atoms with Crippen LogP contribution in [-0.2, 0) is 20.9 Å². The van der Waals surface area contributed by atoms with Crippen molar-refractivity contribution in [1.82, 2.24) is 9.80 Å². The van der Waals surface area contributed by atoms with Crippen LogP contribution < -0.4 is 4.74 Å². The second kappa shape index (κ2) is 7.90. The number of allylic oxidation sites excluding steroid dienone is 2. The lowest BCUT2D eigenvalue weighted by Crippen LogP contribution is -2.36. The Morgan fingerprint density at radius 2 is 1.85 bits per heavy atom. The van der Waals surface area contributed by atoms with Gasteiger partial charge in [-0.2, -0.15) is 0 Å². The summed E-state index contributed by atoms with van der Waals surface area (Å²) in [6, 6.07) is 4.53. The summed E-state index contributed by atoms with van der Waals surface area (Å²) in [5.41, 5.74) is 0.634.